The minimum absolute atomic E-state index is 0.376. The quantitative estimate of drug-likeness (QED) is 0.582. The molecule has 102 valence electrons. The molecule has 2 heterocycles. The van der Waals surface area contributed by atoms with Gasteiger partial charge in [0.05, 0.1) is 22.7 Å². The molecule has 0 aliphatic heterocycles. The third-order valence-corrected chi connectivity index (χ3v) is 3.86. The molecule has 2 N–H and O–H groups in total. The zero-order valence-electron chi connectivity index (χ0n) is 10.2. The van der Waals surface area contributed by atoms with Gasteiger partial charge in [0.25, 0.3) is 5.89 Å². The van der Waals surface area contributed by atoms with Gasteiger partial charge in [0.2, 0.25) is 0 Å². The fraction of sp³-hybridized carbons (Fsp3) is 0.0769. The van der Waals surface area contributed by atoms with E-state index in [-0.39, 0.29) is 0 Å². The van der Waals surface area contributed by atoms with Crippen LogP contribution in [0.3, 0.4) is 0 Å². The second-order valence-electron chi connectivity index (χ2n) is 3.97. The number of thioether (sulfide) groups is 1. The van der Waals surface area contributed by atoms with Crippen LogP contribution in [-0.2, 0) is 5.75 Å². The lowest BCUT2D eigenvalue weighted by Gasteiger charge is -2.01. The molecule has 5 nitrogen and oxygen atoms in total. The Bertz CT molecular complexity index is 712. The first-order chi connectivity index (χ1) is 9.72. The van der Waals surface area contributed by atoms with E-state index in [2.05, 4.69) is 10.1 Å². The number of nitrogens with two attached hydrogens (primary N) is 1. The first-order valence-corrected chi connectivity index (χ1v) is 7.13. The number of nitrogens with zero attached hydrogens (tertiary/aromatic N) is 2. The number of hydrogen-bond acceptors (Lipinski definition) is 6. The average molecular weight is 308 g/mol. The van der Waals surface area contributed by atoms with Crippen LogP contribution in [0.15, 0.2) is 50.4 Å². The number of rotatable bonds is 4. The molecule has 7 heteroatoms. The van der Waals surface area contributed by atoms with Crippen molar-refractivity contribution in [2.24, 2.45) is 0 Å². The van der Waals surface area contributed by atoms with Crippen LogP contribution >= 0.6 is 23.4 Å². The van der Waals surface area contributed by atoms with E-state index in [1.165, 1.54) is 0 Å². The Kier molecular flexibility index (Phi) is 3.66. The summed E-state index contributed by atoms with van der Waals surface area (Å²) in [5, 5.41) is 4.44. The monoisotopic (exact) mass is 307 g/mol. The van der Waals surface area contributed by atoms with Crippen LogP contribution in [0.4, 0.5) is 5.69 Å². The lowest BCUT2D eigenvalue weighted by atomic mass is 10.3. The summed E-state index contributed by atoms with van der Waals surface area (Å²) in [4.78, 5) is 5.25. The normalized spacial score (nSPS) is 10.8. The fourth-order valence-electron chi connectivity index (χ4n) is 1.56. The molecule has 3 aromatic rings. The van der Waals surface area contributed by atoms with Crippen LogP contribution in [0.5, 0.6) is 0 Å². The fourth-order valence-corrected chi connectivity index (χ4v) is 2.58. The van der Waals surface area contributed by atoms with Crippen molar-refractivity contribution in [1.82, 2.24) is 10.1 Å². The molecule has 0 unspecified atom stereocenters. The number of nitrogen functional groups attached to an aromatic ring is 1. The Balaban J connectivity index is 1.68. The van der Waals surface area contributed by atoms with Gasteiger partial charge in [-0.25, -0.2) is 0 Å². The Morgan fingerprint density at radius 1 is 1.30 bits per heavy atom. The van der Waals surface area contributed by atoms with E-state index in [0.717, 1.165) is 4.90 Å². The van der Waals surface area contributed by atoms with E-state index in [1.54, 1.807) is 36.2 Å². The highest BCUT2D eigenvalue weighted by molar-refractivity contribution is 7.98. The van der Waals surface area contributed by atoms with Gasteiger partial charge in [0.15, 0.2) is 11.6 Å². The molecule has 0 spiro atoms. The summed E-state index contributed by atoms with van der Waals surface area (Å²) in [6, 6.07) is 9.03. The summed E-state index contributed by atoms with van der Waals surface area (Å²) in [6.07, 6.45) is 1.56. The minimum atomic E-state index is 0.376. The second-order valence-corrected chi connectivity index (χ2v) is 5.42. The van der Waals surface area contributed by atoms with Crippen LogP contribution in [0.1, 0.15) is 5.82 Å². The molecule has 0 bridgehead atoms. The summed E-state index contributed by atoms with van der Waals surface area (Å²) in [7, 11) is 0. The number of anilines is 1. The molecule has 20 heavy (non-hydrogen) atoms. The predicted molar refractivity (Wildman–Crippen MR) is 77.4 cm³/mol. The lowest BCUT2D eigenvalue weighted by Crippen LogP contribution is -1.87. The molecule has 0 saturated heterocycles. The smallest absolute Gasteiger partial charge is 0.293 e. The van der Waals surface area contributed by atoms with Crippen molar-refractivity contribution in [3.05, 3.63) is 47.4 Å². The number of furan rings is 1. The Morgan fingerprint density at radius 2 is 2.20 bits per heavy atom. The van der Waals surface area contributed by atoms with Gasteiger partial charge in [-0.05, 0) is 30.3 Å². The molecule has 0 aliphatic rings. The van der Waals surface area contributed by atoms with E-state index in [9.17, 15) is 0 Å². The SMILES string of the molecule is Nc1ccc(SCc2noc(-c3ccco3)n2)cc1Cl. The summed E-state index contributed by atoms with van der Waals surface area (Å²) < 4.78 is 10.3. The van der Waals surface area contributed by atoms with Gasteiger partial charge in [0, 0.05) is 4.90 Å². The molecule has 0 saturated carbocycles. The van der Waals surface area contributed by atoms with Gasteiger partial charge >= 0.3 is 0 Å². The van der Waals surface area contributed by atoms with Crippen LogP contribution in [0.2, 0.25) is 5.02 Å². The minimum Gasteiger partial charge on any atom is -0.459 e. The zero-order chi connectivity index (χ0) is 13.9. The summed E-state index contributed by atoms with van der Waals surface area (Å²) >= 11 is 7.52. The van der Waals surface area contributed by atoms with Gasteiger partial charge in [-0.1, -0.05) is 16.8 Å². The highest BCUT2D eigenvalue weighted by Gasteiger charge is 2.11. The van der Waals surface area contributed by atoms with Crippen LogP contribution < -0.4 is 5.73 Å². The number of benzene rings is 1. The van der Waals surface area contributed by atoms with E-state index in [1.807, 2.05) is 12.1 Å². The van der Waals surface area contributed by atoms with E-state index in [0.29, 0.717) is 33.9 Å². The van der Waals surface area contributed by atoms with Crippen molar-refractivity contribution in [2.75, 3.05) is 5.73 Å². The molecular formula is C13H10ClN3O2S. The maximum Gasteiger partial charge on any atom is 0.293 e. The van der Waals surface area contributed by atoms with Crippen molar-refractivity contribution in [2.45, 2.75) is 10.6 Å². The average Bonchev–Trinajstić information content (AvgIpc) is 3.09. The highest BCUT2D eigenvalue weighted by Crippen LogP contribution is 2.28. The Hall–Kier alpha value is -1.92. The van der Waals surface area contributed by atoms with Gasteiger partial charge in [0.1, 0.15) is 0 Å². The van der Waals surface area contributed by atoms with Crippen molar-refractivity contribution in [3.8, 4) is 11.7 Å². The number of hydrogen-bond donors (Lipinski definition) is 1. The first kappa shape index (κ1) is 13.1. The topological polar surface area (TPSA) is 78.1 Å². The van der Waals surface area contributed by atoms with E-state index < -0.39 is 0 Å². The van der Waals surface area contributed by atoms with Gasteiger partial charge in [-0.2, -0.15) is 4.98 Å². The molecular weight excluding hydrogens is 298 g/mol. The summed E-state index contributed by atoms with van der Waals surface area (Å²) in [5.74, 6) is 2.10. The molecule has 0 aliphatic carbocycles. The molecule has 1 aromatic carbocycles. The van der Waals surface area contributed by atoms with Crippen molar-refractivity contribution in [3.63, 3.8) is 0 Å². The lowest BCUT2D eigenvalue weighted by molar-refractivity contribution is 0.411. The van der Waals surface area contributed by atoms with Crippen LogP contribution in [0.25, 0.3) is 11.7 Å². The molecule has 0 radical (unpaired) electrons. The van der Waals surface area contributed by atoms with Crippen molar-refractivity contribution < 1.29 is 8.94 Å². The maximum atomic E-state index is 5.97. The van der Waals surface area contributed by atoms with Gasteiger partial charge < -0.3 is 14.7 Å². The largest absolute Gasteiger partial charge is 0.459 e. The number of aromatic nitrogens is 2. The Labute approximate surface area is 124 Å². The molecule has 0 fully saturated rings. The first-order valence-electron chi connectivity index (χ1n) is 5.76. The number of halogens is 1. The van der Waals surface area contributed by atoms with Crippen molar-refractivity contribution >= 4 is 29.1 Å². The molecule has 3 rings (SSSR count). The molecule has 2 aromatic heterocycles. The third-order valence-electron chi connectivity index (χ3n) is 2.54. The van der Waals surface area contributed by atoms with Gasteiger partial charge in [-0.15, -0.1) is 11.8 Å². The second kappa shape index (κ2) is 5.60. The van der Waals surface area contributed by atoms with Gasteiger partial charge in [-0.3, -0.25) is 0 Å². The van der Waals surface area contributed by atoms with E-state index >= 15 is 0 Å². The predicted octanol–water partition coefficient (Wildman–Crippen LogP) is 3.86. The van der Waals surface area contributed by atoms with Crippen molar-refractivity contribution in [1.29, 1.82) is 0 Å². The van der Waals surface area contributed by atoms with Crippen LogP contribution in [-0.4, -0.2) is 10.1 Å². The molecule has 0 atom stereocenters. The standard InChI is InChI=1S/C13H10ClN3O2S/c14-9-6-8(3-4-10(9)15)20-7-12-16-13(19-17-12)11-2-1-5-18-11/h1-6H,7,15H2. The maximum absolute atomic E-state index is 5.97. The zero-order valence-corrected chi connectivity index (χ0v) is 11.8. The third kappa shape index (κ3) is 2.81. The summed E-state index contributed by atoms with van der Waals surface area (Å²) in [5.41, 5.74) is 6.23. The van der Waals surface area contributed by atoms with Crippen LogP contribution in [0, 0.1) is 0 Å². The summed E-state index contributed by atoms with van der Waals surface area (Å²) in [6.45, 7) is 0. The Morgan fingerprint density at radius 3 is 2.95 bits per heavy atom. The molecule has 0 amide bonds. The van der Waals surface area contributed by atoms with E-state index in [4.69, 9.17) is 26.3 Å². The highest BCUT2D eigenvalue weighted by atomic mass is 35.5.